The lowest BCUT2D eigenvalue weighted by molar-refractivity contribution is 0.389. The summed E-state index contributed by atoms with van der Waals surface area (Å²) >= 11 is 1.77. The van der Waals surface area contributed by atoms with E-state index in [4.69, 9.17) is 0 Å². The summed E-state index contributed by atoms with van der Waals surface area (Å²) in [5.74, 6) is 0.854. The average Bonchev–Trinajstić information content (AvgIpc) is 2.83. The van der Waals surface area contributed by atoms with Gasteiger partial charge in [0.25, 0.3) is 0 Å². The highest BCUT2D eigenvalue weighted by molar-refractivity contribution is 7.09. The molecular formula is C12H21N3S. The van der Waals surface area contributed by atoms with Gasteiger partial charge in [0, 0.05) is 18.0 Å². The second-order valence-corrected chi connectivity index (χ2v) is 5.67. The molecule has 16 heavy (non-hydrogen) atoms. The number of likely N-dealkylation sites (tertiary alicyclic amines) is 1. The summed E-state index contributed by atoms with van der Waals surface area (Å²) < 4.78 is 0. The Hall–Kier alpha value is -0.450. The Balaban J connectivity index is 1.60. The smallest absolute Gasteiger partial charge is 0.0797 e. The van der Waals surface area contributed by atoms with Gasteiger partial charge >= 0.3 is 0 Å². The van der Waals surface area contributed by atoms with Crippen LogP contribution in [0.15, 0.2) is 5.51 Å². The molecule has 1 unspecified atom stereocenters. The first-order valence-corrected chi connectivity index (χ1v) is 6.92. The molecule has 3 nitrogen and oxygen atoms in total. The van der Waals surface area contributed by atoms with Crippen LogP contribution < -0.4 is 5.32 Å². The second-order valence-electron chi connectivity index (χ2n) is 4.73. The zero-order valence-corrected chi connectivity index (χ0v) is 11.0. The third kappa shape index (κ3) is 3.27. The first-order chi connectivity index (χ1) is 7.75. The molecule has 1 aromatic rings. The molecule has 0 saturated carbocycles. The van der Waals surface area contributed by atoms with Crippen molar-refractivity contribution in [1.29, 1.82) is 0 Å². The Labute approximate surface area is 102 Å². The summed E-state index contributed by atoms with van der Waals surface area (Å²) in [7, 11) is 2.21. The van der Waals surface area contributed by atoms with Crippen molar-refractivity contribution >= 4 is 11.3 Å². The molecule has 0 spiro atoms. The van der Waals surface area contributed by atoms with Gasteiger partial charge in [-0.3, -0.25) is 0 Å². The lowest BCUT2D eigenvalue weighted by Crippen LogP contribution is -2.26. The fourth-order valence-electron chi connectivity index (χ4n) is 2.27. The van der Waals surface area contributed by atoms with Crippen molar-refractivity contribution < 1.29 is 0 Å². The minimum Gasteiger partial charge on any atom is -0.316 e. The monoisotopic (exact) mass is 239 g/mol. The normalized spacial score (nSPS) is 21.8. The molecule has 1 aliphatic rings. The summed E-state index contributed by atoms with van der Waals surface area (Å²) in [5.41, 5.74) is 3.14. The molecule has 1 aromatic heterocycles. The quantitative estimate of drug-likeness (QED) is 0.790. The van der Waals surface area contributed by atoms with Crippen molar-refractivity contribution in [2.45, 2.75) is 19.8 Å². The van der Waals surface area contributed by atoms with Crippen LogP contribution in [0.5, 0.6) is 0 Å². The molecule has 1 aliphatic heterocycles. The highest BCUT2D eigenvalue weighted by Gasteiger charge is 2.18. The average molecular weight is 239 g/mol. The number of nitrogens with one attached hydrogen (secondary N) is 1. The largest absolute Gasteiger partial charge is 0.316 e. The zero-order valence-electron chi connectivity index (χ0n) is 10.2. The number of thiazole rings is 1. The molecule has 90 valence electrons. The van der Waals surface area contributed by atoms with Gasteiger partial charge in [-0.2, -0.15) is 0 Å². The van der Waals surface area contributed by atoms with E-state index in [1.165, 1.54) is 36.6 Å². The number of rotatable bonds is 5. The summed E-state index contributed by atoms with van der Waals surface area (Å²) in [5, 5.41) is 3.57. The number of aromatic nitrogens is 1. The predicted molar refractivity (Wildman–Crippen MR) is 69.0 cm³/mol. The van der Waals surface area contributed by atoms with E-state index in [-0.39, 0.29) is 0 Å². The first-order valence-electron chi connectivity index (χ1n) is 6.04. The number of aryl methyl sites for hydroxylation is 1. The van der Waals surface area contributed by atoms with E-state index >= 15 is 0 Å². The van der Waals surface area contributed by atoms with Gasteiger partial charge in [-0.05, 0) is 45.8 Å². The number of hydrogen-bond acceptors (Lipinski definition) is 4. The molecule has 2 heterocycles. The molecular weight excluding hydrogens is 218 g/mol. The molecule has 1 fully saturated rings. The van der Waals surface area contributed by atoms with Gasteiger partial charge in [0.1, 0.15) is 0 Å². The number of nitrogens with zero attached hydrogens (tertiary/aromatic N) is 2. The zero-order chi connectivity index (χ0) is 11.4. The van der Waals surface area contributed by atoms with E-state index in [1.54, 1.807) is 11.3 Å². The Morgan fingerprint density at radius 3 is 3.12 bits per heavy atom. The molecule has 1 saturated heterocycles. The number of hydrogen-bond donors (Lipinski definition) is 1. The maximum atomic E-state index is 4.27. The van der Waals surface area contributed by atoms with E-state index in [9.17, 15) is 0 Å². The van der Waals surface area contributed by atoms with Crippen LogP contribution in [-0.2, 0) is 6.42 Å². The van der Waals surface area contributed by atoms with Crippen LogP contribution >= 0.6 is 11.3 Å². The van der Waals surface area contributed by atoms with Gasteiger partial charge < -0.3 is 10.2 Å². The lowest BCUT2D eigenvalue weighted by atomic mass is 10.1. The van der Waals surface area contributed by atoms with E-state index in [2.05, 4.69) is 29.2 Å². The molecule has 0 aliphatic carbocycles. The van der Waals surface area contributed by atoms with E-state index in [1.807, 2.05) is 5.51 Å². The third-order valence-corrected chi connectivity index (χ3v) is 4.29. The van der Waals surface area contributed by atoms with Crippen LogP contribution in [0, 0.1) is 12.8 Å². The van der Waals surface area contributed by atoms with Gasteiger partial charge in [-0.1, -0.05) is 0 Å². The highest BCUT2D eigenvalue weighted by Crippen LogP contribution is 2.14. The highest BCUT2D eigenvalue weighted by atomic mass is 32.1. The van der Waals surface area contributed by atoms with Crippen LogP contribution in [-0.4, -0.2) is 43.1 Å². The summed E-state index contributed by atoms with van der Waals surface area (Å²) in [4.78, 5) is 8.11. The minimum atomic E-state index is 0.854. The standard InChI is InChI=1S/C12H21N3S/c1-10-12(16-9-14-10)3-5-13-7-11-4-6-15(2)8-11/h9,11,13H,3-8H2,1-2H3. The van der Waals surface area contributed by atoms with Gasteiger partial charge in [0.2, 0.25) is 0 Å². The van der Waals surface area contributed by atoms with Crippen molar-refractivity contribution in [3.8, 4) is 0 Å². The van der Waals surface area contributed by atoms with Gasteiger partial charge in [-0.25, -0.2) is 4.98 Å². The Kier molecular flexibility index (Phi) is 4.32. The Bertz CT molecular complexity index is 324. The lowest BCUT2D eigenvalue weighted by Gasteiger charge is -2.11. The van der Waals surface area contributed by atoms with Gasteiger partial charge in [0.15, 0.2) is 0 Å². The van der Waals surface area contributed by atoms with Crippen LogP contribution in [0.4, 0.5) is 0 Å². The van der Waals surface area contributed by atoms with E-state index in [0.717, 1.165) is 18.9 Å². The SMILES string of the molecule is Cc1ncsc1CCNCC1CCN(C)C1. The summed E-state index contributed by atoms with van der Waals surface area (Å²) in [6.07, 6.45) is 2.47. The van der Waals surface area contributed by atoms with Crippen molar-refractivity contribution in [2.24, 2.45) is 5.92 Å². The van der Waals surface area contributed by atoms with Crippen LogP contribution in [0.25, 0.3) is 0 Å². The molecule has 0 aromatic carbocycles. The van der Waals surface area contributed by atoms with Crippen molar-refractivity contribution in [2.75, 3.05) is 33.2 Å². The van der Waals surface area contributed by atoms with Crippen LogP contribution in [0.1, 0.15) is 17.0 Å². The van der Waals surface area contributed by atoms with E-state index in [0.29, 0.717) is 0 Å². The topological polar surface area (TPSA) is 28.2 Å². The molecule has 0 amide bonds. The molecule has 2 rings (SSSR count). The summed E-state index contributed by atoms with van der Waals surface area (Å²) in [6.45, 7) is 6.87. The van der Waals surface area contributed by atoms with Crippen molar-refractivity contribution in [3.63, 3.8) is 0 Å². The molecule has 1 N–H and O–H groups in total. The summed E-state index contributed by atoms with van der Waals surface area (Å²) in [6, 6.07) is 0. The molecule has 4 heteroatoms. The van der Waals surface area contributed by atoms with Crippen LogP contribution in [0.2, 0.25) is 0 Å². The molecule has 0 radical (unpaired) electrons. The van der Waals surface area contributed by atoms with E-state index < -0.39 is 0 Å². The minimum absolute atomic E-state index is 0.854. The maximum absolute atomic E-state index is 4.27. The van der Waals surface area contributed by atoms with Gasteiger partial charge in [-0.15, -0.1) is 11.3 Å². The Morgan fingerprint density at radius 2 is 2.50 bits per heavy atom. The first kappa shape index (κ1) is 12.0. The van der Waals surface area contributed by atoms with Crippen LogP contribution in [0.3, 0.4) is 0 Å². The predicted octanol–water partition coefficient (Wildman–Crippen LogP) is 1.54. The molecule has 0 bridgehead atoms. The fraction of sp³-hybridized carbons (Fsp3) is 0.750. The molecule has 1 atom stereocenters. The fourth-order valence-corrected chi connectivity index (χ4v) is 3.05. The third-order valence-electron chi connectivity index (χ3n) is 3.30. The van der Waals surface area contributed by atoms with Crippen molar-refractivity contribution in [1.82, 2.24) is 15.2 Å². The maximum Gasteiger partial charge on any atom is 0.0797 e. The Morgan fingerprint density at radius 1 is 1.62 bits per heavy atom. The van der Waals surface area contributed by atoms with Gasteiger partial charge in [0.05, 0.1) is 11.2 Å². The van der Waals surface area contributed by atoms with Crippen molar-refractivity contribution in [3.05, 3.63) is 16.1 Å². The second kappa shape index (κ2) is 5.75.